The van der Waals surface area contributed by atoms with E-state index in [-0.39, 0.29) is 11.7 Å². The Morgan fingerprint density at radius 1 is 1.18 bits per heavy atom. The Kier molecular flexibility index (Phi) is 6.23. The number of hydrogen-bond acceptors (Lipinski definition) is 4. The smallest absolute Gasteiger partial charge is 0.259 e. The van der Waals surface area contributed by atoms with Crippen LogP contribution >= 0.6 is 0 Å². The van der Waals surface area contributed by atoms with E-state index in [2.05, 4.69) is 15.4 Å². The second-order valence-electron chi connectivity index (χ2n) is 7.02. The predicted molar refractivity (Wildman–Crippen MR) is 104 cm³/mol. The monoisotopic (exact) mass is 384 g/mol. The van der Waals surface area contributed by atoms with Gasteiger partial charge in [0.1, 0.15) is 17.1 Å². The minimum atomic E-state index is -0.252. The van der Waals surface area contributed by atoms with E-state index < -0.39 is 0 Å². The van der Waals surface area contributed by atoms with Crippen molar-refractivity contribution in [2.45, 2.75) is 39.5 Å². The summed E-state index contributed by atoms with van der Waals surface area (Å²) < 4.78 is 18.1. The van der Waals surface area contributed by atoms with Crippen molar-refractivity contribution in [2.24, 2.45) is 0 Å². The molecule has 0 atom stereocenters. The first kappa shape index (κ1) is 19.8. The summed E-state index contributed by atoms with van der Waals surface area (Å²) in [6, 6.07) is 8.32. The van der Waals surface area contributed by atoms with Crippen LogP contribution in [-0.4, -0.2) is 39.8 Å². The molecule has 1 aromatic carbocycles. The zero-order valence-electron chi connectivity index (χ0n) is 16.5. The minimum absolute atomic E-state index is 0.0474. The number of carbonyl (C=O) groups is 1. The van der Waals surface area contributed by atoms with Gasteiger partial charge in [-0.25, -0.2) is 4.39 Å². The second-order valence-corrected chi connectivity index (χ2v) is 7.02. The standard InChI is InChI=1S/C21H25FN4O2/c1-14-20(15(2)28-25-14)21(27)26(3)12-6-4-5-7-18-13-19(24-23-18)16-8-10-17(22)11-9-16/h8-11,13H,4-7,12H2,1-3H3,(H,23,24). The molecule has 148 valence electrons. The van der Waals surface area contributed by atoms with Gasteiger partial charge in [-0.05, 0) is 63.4 Å². The van der Waals surface area contributed by atoms with Crippen LogP contribution in [0.15, 0.2) is 34.9 Å². The van der Waals surface area contributed by atoms with E-state index in [1.807, 2.05) is 6.07 Å². The molecule has 0 saturated carbocycles. The van der Waals surface area contributed by atoms with Gasteiger partial charge in [-0.3, -0.25) is 9.89 Å². The molecule has 7 heteroatoms. The van der Waals surface area contributed by atoms with Gasteiger partial charge in [0.2, 0.25) is 0 Å². The summed E-state index contributed by atoms with van der Waals surface area (Å²) >= 11 is 0. The molecule has 0 bridgehead atoms. The molecule has 0 unspecified atom stereocenters. The zero-order valence-corrected chi connectivity index (χ0v) is 16.5. The molecule has 0 radical (unpaired) electrons. The average molecular weight is 384 g/mol. The molecule has 28 heavy (non-hydrogen) atoms. The number of H-pyrrole nitrogens is 1. The third-order valence-electron chi connectivity index (χ3n) is 4.80. The number of unbranched alkanes of at least 4 members (excludes halogenated alkanes) is 2. The maximum Gasteiger partial charge on any atom is 0.259 e. The SMILES string of the molecule is Cc1noc(C)c1C(=O)N(C)CCCCCc1cc(-c2ccc(F)cc2)n[nH]1. The van der Waals surface area contributed by atoms with Gasteiger partial charge in [-0.2, -0.15) is 5.10 Å². The van der Waals surface area contributed by atoms with Gasteiger partial charge in [-0.1, -0.05) is 11.6 Å². The Balaban J connectivity index is 1.41. The molecule has 0 spiro atoms. The molecule has 0 aliphatic carbocycles. The Bertz CT molecular complexity index is 911. The third-order valence-corrected chi connectivity index (χ3v) is 4.80. The number of rotatable bonds is 8. The molecule has 0 fully saturated rings. The van der Waals surface area contributed by atoms with Crippen molar-refractivity contribution in [3.63, 3.8) is 0 Å². The van der Waals surface area contributed by atoms with Crippen LogP contribution < -0.4 is 0 Å². The number of aromatic nitrogens is 3. The van der Waals surface area contributed by atoms with E-state index in [1.54, 1.807) is 37.9 Å². The van der Waals surface area contributed by atoms with Crippen molar-refractivity contribution in [1.29, 1.82) is 0 Å². The summed E-state index contributed by atoms with van der Waals surface area (Å²) in [6.45, 7) is 4.22. The van der Waals surface area contributed by atoms with E-state index in [0.29, 0.717) is 23.6 Å². The van der Waals surface area contributed by atoms with E-state index in [4.69, 9.17) is 4.52 Å². The van der Waals surface area contributed by atoms with Crippen LogP contribution in [0.2, 0.25) is 0 Å². The molecule has 0 aliphatic heterocycles. The maximum absolute atomic E-state index is 13.0. The fourth-order valence-corrected chi connectivity index (χ4v) is 3.18. The molecular weight excluding hydrogens is 359 g/mol. The highest BCUT2D eigenvalue weighted by Crippen LogP contribution is 2.19. The van der Waals surface area contributed by atoms with Crippen LogP contribution in [0.5, 0.6) is 0 Å². The van der Waals surface area contributed by atoms with Gasteiger partial charge in [0, 0.05) is 24.8 Å². The number of halogens is 1. The van der Waals surface area contributed by atoms with Crippen molar-refractivity contribution < 1.29 is 13.7 Å². The van der Waals surface area contributed by atoms with Crippen molar-refractivity contribution in [2.75, 3.05) is 13.6 Å². The van der Waals surface area contributed by atoms with Crippen molar-refractivity contribution >= 4 is 5.91 Å². The second kappa shape index (κ2) is 8.82. The first-order chi connectivity index (χ1) is 13.5. The van der Waals surface area contributed by atoms with Crippen LogP contribution in [0, 0.1) is 19.7 Å². The molecule has 1 amide bonds. The van der Waals surface area contributed by atoms with E-state index >= 15 is 0 Å². The van der Waals surface area contributed by atoms with Crippen molar-refractivity contribution in [1.82, 2.24) is 20.3 Å². The van der Waals surface area contributed by atoms with Gasteiger partial charge in [-0.15, -0.1) is 0 Å². The predicted octanol–water partition coefficient (Wildman–Crippen LogP) is 4.31. The summed E-state index contributed by atoms with van der Waals surface area (Å²) in [7, 11) is 1.80. The highest BCUT2D eigenvalue weighted by atomic mass is 19.1. The molecule has 3 rings (SSSR count). The number of carbonyl (C=O) groups excluding carboxylic acids is 1. The van der Waals surface area contributed by atoms with Gasteiger partial charge in [0.25, 0.3) is 5.91 Å². The van der Waals surface area contributed by atoms with E-state index in [9.17, 15) is 9.18 Å². The Labute approximate surface area is 163 Å². The van der Waals surface area contributed by atoms with Gasteiger partial charge in [0.15, 0.2) is 0 Å². The molecule has 2 heterocycles. The van der Waals surface area contributed by atoms with Crippen LogP contribution in [0.25, 0.3) is 11.3 Å². The van der Waals surface area contributed by atoms with Gasteiger partial charge in [0.05, 0.1) is 11.4 Å². The van der Waals surface area contributed by atoms with E-state index in [1.165, 1.54) is 12.1 Å². The topological polar surface area (TPSA) is 75.0 Å². The Hall–Kier alpha value is -2.96. The number of amides is 1. The van der Waals surface area contributed by atoms with Crippen LogP contribution in [0.4, 0.5) is 4.39 Å². The highest BCUT2D eigenvalue weighted by Gasteiger charge is 2.20. The molecule has 2 aromatic heterocycles. The fraction of sp³-hybridized carbons (Fsp3) is 0.381. The highest BCUT2D eigenvalue weighted by molar-refractivity contribution is 5.95. The lowest BCUT2D eigenvalue weighted by molar-refractivity contribution is 0.0790. The molecular formula is C21H25FN4O2. The van der Waals surface area contributed by atoms with Crippen molar-refractivity contribution in [3.8, 4) is 11.3 Å². The largest absolute Gasteiger partial charge is 0.361 e. The lowest BCUT2D eigenvalue weighted by atomic mass is 10.1. The molecule has 6 nitrogen and oxygen atoms in total. The molecule has 0 aliphatic rings. The van der Waals surface area contributed by atoms with Crippen LogP contribution in [-0.2, 0) is 6.42 Å². The number of nitrogens with zero attached hydrogens (tertiary/aromatic N) is 3. The fourth-order valence-electron chi connectivity index (χ4n) is 3.18. The molecule has 0 saturated heterocycles. The Morgan fingerprint density at radius 2 is 1.93 bits per heavy atom. The summed E-state index contributed by atoms with van der Waals surface area (Å²) in [5.74, 6) is 0.261. The first-order valence-corrected chi connectivity index (χ1v) is 9.44. The van der Waals surface area contributed by atoms with Gasteiger partial charge >= 0.3 is 0 Å². The summed E-state index contributed by atoms with van der Waals surface area (Å²) in [5, 5.41) is 11.2. The number of nitrogens with one attached hydrogen (secondary N) is 1. The van der Waals surface area contributed by atoms with Gasteiger partial charge < -0.3 is 9.42 Å². The first-order valence-electron chi connectivity index (χ1n) is 9.44. The summed E-state index contributed by atoms with van der Waals surface area (Å²) in [6.07, 6.45) is 3.81. The number of benzene rings is 1. The molecule has 1 N–H and O–H groups in total. The number of hydrogen-bond donors (Lipinski definition) is 1. The number of aryl methyl sites for hydroxylation is 3. The maximum atomic E-state index is 13.0. The Morgan fingerprint density at radius 3 is 2.61 bits per heavy atom. The summed E-state index contributed by atoms with van der Waals surface area (Å²) in [5.41, 5.74) is 3.96. The number of aromatic amines is 1. The van der Waals surface area contributed by atoms with Crippen molar-refractivity contribution in [3.05, 3.63) is 58.9 Å². The third kappa shape index (κ3) is 4.65. The normalized spacial score (nSPS) is 11.0. The van der Waals surface area contributed by atoms with Crippen LogP contribution in [0.1, 0.15) is 46.8 Å². The lowest BCUT2D eigenvalue weighted by Gasteiger charge is -2.16. The summed E-state index contributed by atoms with van der Waals surface area (Å²) in [4.78, 5) is 14.2. The lowest BCUT2D eigenvalue weighted by Crippen LogP contribution is -2.28. The zero-order chi connectivity index (χ0) is 20.1. The van der Waals surface area contributed by atoms with E-state index in [0.717, 1.165) is 42.6 Å². The minimum Gasteiger partial charge on any atom is -0.361 e. The van der Waals surface area contributed by atoms with Crippen LogP contribution in [0.3, 0.4) is 0 Å². The molecule has 3 aromatic rings. The quantitative estimate of drug-likeness (QED) is 0.588. The average Bonchev–Trinajstić information content (AvgIpc) is 3.28.